The highest BCUT2D eigenvalue weighted by molar-refractivity contribution is 5.70. The number of carbonyl (C=O) groups excluding carboxylic acids is 1. The first kappa shape index (κ1) is 10.5. The Bertz CT molecular complexity index is 304. The Kier molecular flexibility index (Phi) is 3.06. The molecule has 1 aromatic heterocycles. The molecule has 0 saturated carbocycles. The van der Waals surface area contributed by atoms with Crippen LogP contribution in [0.2, 0.25) is 0 Å². The number of nitrogens with zero attached hydrogens (tertiary/aromatic N) is 1. The van der Waals surface area contributed by atoms with Crippen molar-refractivity contribution >= 4 is 6.09 Å². The van der Waals surface area contributed by atoms with E-state index in [-0.39, 0.29) is 5.54 Å². The van der Waals surface area contributed by atoms with Gasteiger partial charge in [-0.2, -0.15) is 0 Å². The molecule has 0 saturated heterocycles. The standard InChI is InChI=1S/C10H14N2O2/c1-10(2,3)12-9(13)14-8-5-4-6-11-7-8/h4-7H,1-3H3,(H,12,13). The molecule has 1 N–H and O–H groups in total. The van der Waals surface area contributed by atoms with Crippen molar-refractivity contribution in [1.82, 2.24) is 10.3 Å². The monoisotopic (exact) mass is 194 g/mol. The van der Waals surface area contributed by atoms with Gasteiger partial charge in [-0.1, -0.05) is 0 Å². The van der Waals surface area contributed by atoms with Gasteiger partial charge in [-0.05, 0) is 32.9 Å². The zero-order valence-corrected chi connectivity index (χ0v) is 8.57. The van der Waals surface area contributed by atoms with E-state index in [9.17, 15) is 4.79 Å². The van der Waals surface area contributed by atoms with Gasteiger partial charge in [0.05, 0.1) is 6.20 Å². The summed E-state index contributed by atoms with van der Waals surface area (Å²) in [5.74, 6) is 0.439. The maximum Gasteiger partial charge on any atom is 0.413 e. The van der Waals surface area contributed by atoms with Crippen LogP contribution in [-0.2, 0) is 0 Å². The number of rotatable bonds is 1. The smallest absolute Gasteiger partial charge is 0.409 e. The minimum Gasteiger partial charge on any atom is -0.409 e. The summed E-state index contributed by atoms with van der Waals surface area (Å²) in [7, 11) is 0. The SMILES string of the molecule is CC(C)(C)NC(=O)Oc1cccnc1. The molecule has 4 heteroatoms. The lowest BCUT2D eigenvalue weighted by molar-refractivity contribution is 0.190. The lowest BCUT2D eigenvalue weighted by Gasteiger charge is -2.19. The normalized spacial score (nSPS) is 10.8. The summed E-state index contributed by atoms with van der Waals surface area (Å²) in [5.41, 5.74) is -0.292. The first-order valence-electron chi connectivity index (χ1n) is 4.37. The summed E-state index contributed by atoms with van der Waals surface area (Å²) in [4.78, 5) is 15.1. The fourth-order valence-electron chi connectivity index (χ4n) is 0.846. The summed E-state index contributed by atoms with van der Waals surface area (Å²) in [5, 5.41) is 2.68. The zero-order chi connectivity index (χ0) is 10.6. The van der Waals surface area contributed by atoms with Crippen molar-refractivity contribution in [2.45, 2.75) is 26.3 Å². The largest absolute Gasteiger partial charge is 0.413 e. The van der Waals surface area contributed by atoms with Crippen LogP contribution in [0, 0.1) is 0 Å². The van der Waals surface area contributed by atoms with Crippen molar-refractivity contribution < 1.29 is 9.53 Å². The van der Waals surface area contributed by atoms with Crippen molar-refractivity contribution in [2.75, 3.05) is 0 Å². The number of pyridine rings is 1. The van der Waals surface area contributed by atoms with E-state index in [2.05, 4.69) is 10.3 Å². The first-order chi connectivity index (χ1) is 6.47. The Labute approximate surface area is 83.3 Å². The Morgan fingerprint density at radius 2 is 2.21 bits per heavy atom. The van der Waals surface area contributed by atoms with Crippen LogP contribution in [0.15, 0.2) is 24.5 Å². The molecule has 0 spiro atoms. The molecule has 0 aromatic carbocycles. The highest BCUT2D eigenvalue weighted by atomic mass is 16.6. The van der Waals surface area contributed by atoms with Crippen molar-refractivity contribution in [3.63, 3.8) is 0 Å². The van der Waals surface area contributed by atoms with Crippen molar-refractivity contribution in [3.05, 3.63) is 24.5 Å². The highest BCUT2D eigenvalue weighted by Crippen LogP contribution is 2.07. The van der Waals surface area contributed by atoms with Crippen LogP contribution >= 0.6 is 0 Å². The van der Waals surface area contributed by atoms with E-state index in [0.29, 0.717) is 5.75 Å². The molecule has 1 rings (SSSR count). The van der Waals surface area contributed by atoms with E-state index in [1.807, 2.05) is 20.8 Å². The van der Waals surface area contributed by atoms with Gasteiger partial charge in [0.2, 0.25) is 0 Å². The van der Waals surface area contributed by atoms with Gasteiger partial charge in [-0.3, -0.25) is 4.98 Å². The van der Waals surface area contributed by atoms with Crippen LogP contribution in [-0.4, -0.2) is 16.6 Å². The molecule has 0 atom stereocenters. The number of nitrogens with one attached hydrogen (secondary N) is 1. The molecule has 76 valence electrons. The van der Waals surface area contributed by atoms with Crippen molar-refractivity contribution in [1.29, 1.82) is 0 Å². The molecule has 1 amide bonds. The van der Waals surface area contributed by atoms with Crippen LogP contribution in [0.25, 0.3) is 0 Å². The Morgan fingerprint density at radius 1 is 1.50 bits per heavy atom. The molecule has 4 nitrogen and oxygen atoms in total. The van der Waals surface area contributed by atoms with Gasteiger partial charge in [-0.25, -0.2) is 4.79 Å². The molecular weight excluding hydrogens is 180 g/mol. The van der Waals surface area contributed by atoms with Crippen LogP contribution < -0.4 is 10.1 Å². The van der Waals surface area contributed by atoms with E-state index in [0.717, 1.165) is 0 Å². The molecule has 1 aromatic rings. The van der Waals surface area contributed by atoms with Gasteiger partial charge in [0, 0.05) is 11.7 Å². The van der Waals surface area contributed by atoms with Crippen LogP contribution in [0.4, 0.5) is 4.79 Å². The topological polar surface area (TPSA) is 51.2 Å². The lowest BCUT2D eigenvalue weighted by Crippen LogP contribution is -2.42. The number of hydrogen-bond acceptors (Lipinski definition) is 3. The third-order valence-electron chi connectivity index (χ3n) is 1.32. The molecule has 0 unspecified atom stereocenters. The van der Waals surface area contributed by atoms with Gasteiger partial charge in [0.15, 0.2) is 5.75 Å². The van der Waals surface area contributed by atoms with Crippen LogP contribution in [0.3, 0.4) is 0 Å². The molecule has 0 fully saturated rings. The maximum atomic E-state index is 11.3. The number of ether oxygens (including phenoxy) is 1. The quantitative estimate of drug-likeness (QED) is 0.743. The minimum atomic E-state index is -0.467. The van der Waals surface area contributed by atoms with Gasteiger partial charge >= 0.3 is 6.09 Å². The molecule has 0 aliphatic carbocycles. The van der Waals surface area contributed by atoms with Gasteiger partial charge < -0.3 is 10.1 Å². The number of aromatic nitrogens is 1. The van der Waals surface area contributed by atoms with E-state index >= 15 is 0 Å². The molecule has 0 aliphatic rings. The molecular formula is C10H14N2O2. The number of carbonyl (C=O) groups is 1. The first-order valence-corrected chi connectivity index (χ1v) is 4.37. The third kappa shape index (κ3) is 3.89. The highest BCUT2D eigenvalue weighted by Gasteiger charge is 2.14. The molecule has 0 bridgehead atoms. The van der Waals surface area contributed by atoms with E-state index in [4.69, 9.17) is 4.74 Å². The third-order valence-corrected chi connectivity index (χ3v) is 1.32. The van der Waals surface area contributed by atoms with Crippen LogP contribution in [0.5, 0.6) is 5.75 Å². The van der Waals surface area contributed by atoms with Gasteiger partial charge in [0.25, 0.3) is 0 Å². The van der Waals surface area contributed by atoms with E-state index < -0.39 is 6.09 Å². The molecule has 14 heavy (non-hydrogen) atoms. The van der Waals surface area contributed by atoms with E-state index in [1.165, 1.54) is 6.20 Å². The Balaban J connectivity index is 2.50. The number of hydrogen-bond donors (Lipinski definition) is 1. The summed E-state index contributed by atoms with van der Waals surface area (Å²) in [6.45, 7) is 5.66. The second kappa shape index (κ2) is 4.09. The second-order valence-electron chi connectivity index (χ2n) is 3.95. The molecule has 0 radical (unpaired) electrons. The fourth-order valence-corrected chi connectivity index (χ4v) is 0.846. The zero-order valence-electron chi connectivity index (χ0n) is 8.57. The Morgan fingerprint density at radius 3 is 2.71 bits per heavy atom. The Hall–Kier alpha value is -1.58. The summed E-state index contributed by atoms with van der Waals surface area (Å²) in [6.07, 6.45) is 2.64. The van der Waals surface area contributed by atoms with Crippen molar-refractivity contribution in [3.8, 4) is 5.75 Å². The second-order valence-corrected chi connectivity index (χ2v) is 3.95. The molecule has 0 aliphatic heterocycles. The minimum absolute atomic E-state index is 0.292. The summed E-state index contributed by atoms with van der Waals surface area (Å²) < 4.78 is 4.98. The lowest BCUT2D eigenvalue weighted by atomic mass is 10.1. The average molecular weight is 194 g/mol. The predicted octanol–water partition coefficient (Wildman–Crippen LogP) is 1.97. The predicted molar refractivity (Wildman–Crippen MR) is 53.1 cm³/mol. The van der Waals surface area contributed by atoms with Crippen LogP contribution in [0.1, 0.15) is 20.8 Å². The van der Waals surface area contributed by atoms with E-state index in [1.54, 1.807) is 18.3 Å². The van der Waals surface area contributed by atoms with Crippen molar-refractivity contribution in [2.24, 2.45) is 0 Å². The molecule has 1 heterocycles. The van der Waals surface area contributed by atoms with Gasteiger partial charge in [-0.15, -0.1) is 0 Å². The summed E-state index contributed by atoms with van der Waals surface area (Å²) in [6, 6.07) is 3.38. The summed E-state index contributed by atoms with van der Waals surface area (Å²) >= 11 is 0. The fraction of sp³-hybridized carbons (Fsp3) is 0.400. The average Bonchev–Trinajstić information content (AvgIpc) is 2.02. The number of amides is 1. The maximum absolute atomic E-state index is 11.3. The van der Waals surface area contributed by atoms with Gasteiger partial charge in [0.1, 0.15) is 0 Å².